The van der Waals surface area contributed by atoms with E-state index in [2.05, 4.69) is 20.6 Å². The molecule has 0 aromatic carbocycles. The molecule has 1 heterocycles. The third-order valence-corrected chi connectivity index (χ3v) is 2.61. The summed E-state index contributed by atoms with van der Waals surface area (Å²) in [5.41, 5.74) is -0.838. The van der Waals surface area contributed by atoms with Crippen LogP contribution in [0.5, 0.6) is 0 Å². The molecule has 1 atom stereocenters. The van der Waals surface area contributed by atoms with Crippen LogP contribution in [0.25, 0.3) is 0 Å². The Bertz CT molecular complexity index is 423. The molecule has 1 rings (SSSR count). The summed E-state index contributed by atoms with van der Waals surface area (Å²) in [6.45, 7) is 3.10. The van der Waals surface area contributed by atoms with Gasteiger partial charge in [0.1, 0.15) is 18.2 Å². The number of hydrogen-bond donors (Lipinski definition) is 3. The highest BCUT2D eigenvalue weighted by Crippen LogP contribution is 2.13. The predicted octanol–water partition coefficient (Wildman–Crippen LogP) is 0.389. The molecule has 1 aromatic heterocycles. The lowest BCUT2D eigenvalue weighted by molar-refractivity contribution is 0.0459. The Balaban J connectivity index is 2.73. The fourth-order valence-electron chi connectivity index (χ4n) is 1.93. The molecular weight excluding hydrogens is 258 g/mol. The first-order chi connectivity index (χ1) is 9.36. The van der Waals surface area contributed by atoms with E-state index in [1.54, 1.807) is 27.1 Å². The lowest BCUT2D eigenvalue weighted by Gasteiger charge is -2.27. The van der Waals surface area contributed by atoms with Crippen LogP contribution in [0.15, 0.2) is 6.07 Å². The third-order valence-electron chi connectivity index (χ3n) is 2.61. The maximum absolute atomic E-state index is 10.3. The van der Waals surface area contributed by atoms with Crippen molar-refractivity contribution < 1.29 is 9.84 Å². The van der Waals surface area contributed by atoms with E-state index in [1.807, 2.05) is 19.0 Å². The van der Waals surface area contributed by atoms with Crippen molar-refractivity contribution in [3.05, 3.63) is 11.9 Å². The van der Waals surface area contributed by atoms with Crippen molar-refractivity contribution in [3.8, 4) is 0 Å². The lowest BCUT2D eigenvalue weighted by Crippen LogP contribution is -2.43. The summed E-state index contributed by atoms with van der Waals surface area (Å²) < 4.78 is 5.04. The molecule has 7 heteroatoms. The van der Waals surface area contributed by atoms with Crippen LogP contribution < -0.4 is 10.6 Å². The summed E-state index contributed by atoms with van der Waals surface area (Å²) in [6.07, 6.45) is 0. The third kappa shape index (κ3) is 5.68. The maximum Gasteiger partial charge on any atom is 0.158 e. The van der Waals surface area contributed by atoms with Gasteiger partial charge in [-0.25, -0.2) is 9.97 Å². The van der Waals surface area contributed by atoms with Gasteiger partial charge in [-0.05, 0) is 21.0 Å². The van der Waals surface area contributed by atoms with Crippen LogP contribution in [0.1, 0.15) is 12.7 Å². The fourth-order valence-corrected chi connectivity index (χ4v) is 1.93. The van der Waals surface area contributed by atoms with Gasteiger partial charge in [0, 0.05) is 33.3 Å². The van der Waals surface area contributed by atoms with Crippen molar-refractivity contribution in [2.24, 2.45) is 0 Å². The Morgan fingerprint density at radius 2 is 2.00 bits per heavy atom. The molecule has 0 saturated heterocycles. The van der Waals surface area contributed by atoms with Gasteiger partial charge in [0.15, 0.2) is 5.82 Å². The van der Waals surface area contributed by atoms with Crippen molar-refractivity contribution in [2.75, 3.05) is 52.0 Å². The fraction of sp³-hybridized carbons (Fsp3) is 0.692. The molecule has 114 valence electrons. The summed E-state index contributed by atoms with van der Waals surface area (Å²) in [5.74, 6) is 1.96. The van der Waals surface area contributed by atoms with Crippen molar-refractivity contribution in [1.29, 1.82) is 0 Å². The minimum absolute atomic E-state index is 0.346. The normalized spacial score (nSPS) is 14.2. The predicted molar refractivity (Wildman–Crippen MR) is 80.0 cm³/mol. The average molecular weight is 283 g/mol. The molecule has 0 radical (unpaired) electrons. The van der Waals surface area contributed by atoms with Gasteiger partial charge in [-0.3, -0.25) is 0 Å². The topological polar surface area (TPSA) is 82.5 Å². The maximum atomic E-state index is 10.3. The van der Waals surface area contributed by atoms with Crippen LogP contribution in [-0.4, -0.2) is 66.9 Å². The Kier molecular flexibility index (Phi) is 6.12. The monoisotopic (exact) mass is 283 g/mol. The molecule has 1 unspecified atom stereocenters. The van der Waals surface area contributed by atoms with Gasteiger partial charge in [-0.1, -0.05) is 0 Å². The second-order valence-corrected chi connectivity index (χ2v) is 5.33. The van der Waals surface area contributed by atoms with E-state index in [9.17, 15) is 5.11 Å². The number of rotatable bonds is 8. The van der Waals surface area contributed by atoms with Crippen LogP contribution in [-0.2, 0) is 11.3 Å². The highest BCUT2D eigenvalue weighted by Gasteiger charge is 2.21. The molecule has 0 spiro atoms. The molecule has 0 aliphatic rings. The van der Waals surface area contributed by atoms with E-state index in [0.717, 1.165) is 0 Å². The Hall–Kier alpha value is -1.44. The number of likely N-dealkylation sites (N-methyl/N-ethyl adjacent to an activating group) is 1. The Labute approximate surface area is 120 Å². The summed E-state index contributed by atoms with van der Waals surface area (Å²) in [7, 11) is 7.25. The Morgan fingerprint density at radius 1 is 1.35 bits per heavy atom. The highest BCUT2D eigenvalue weighted by molar-refractivity contribution is 5.47. The minimum atomic E-state index is -0.838. The zero-order valence-electron chi connectivity index (χ0n) is 12.9. The standard InChI is InChI=1S/C13H25N5O2/c1-13(19,9-18(3)4)8-15-11-6-10(14-2)16-12(17-11)7-20-5/h6,19H,7-9H2,1-5H3,(H2,14,15,16,17). The Morgan fingerprint density at radius 3 is 2.55 bits per heavy atom. The van der Waals surface area contributed by atoms with Gasteiger partial charge in [0.25, 0.3) is 0 Å². The molecule has 0 aliphatic heterocycles. The van der Waals surface area contributed by atoms with E-state index < -0.39 is 5.60 Å². The van der Waals surface area contributed by atoms with E-state index in [1.165, 1.54) is 0 Å². The number of aromatic nitrogens is 2. The molecule has 0 fully saturated rings. The first kappa shape index (κ1) is 16.6. The van der Waals surface area contributed by atoms with Crippen LogP contribution >= 0.6 is 0 Å². The number of anilines is 2. The number of nitrogens with one attached hydrogen (secondary N) is 2. The molecule has 7 nitrogen and oxygen atoms in total. The lowest BCUT2D eigenvalue weighted by atomic mass is 10.1. The molecule has 1 aromatic rings. The molecular formula is C13H25N5O2. The zero-order chi connectivity index (χ0) is 15.2. The highest BCUT2D eigenvalue weighted by atomic mass is 16.5. The van der Waals surface area contributed by atoms with Crippen LogP contribution in [0.4, 0.5) is 11.6 Å². The quantitative estimate of drug-likeness (QED) is 0.636. The van der Waals surface area contributed by atoms with Gasteiger partial charge in [0.2, 0.25) is 0 Å². The zero-order valence-corrected chi connectivity index (χ0v) is 12.9. The minimum Gasteiger partial charge on any atom is -0.387 e. The van der Waals surface area contributed by atoms with E-state index in [-0.39, 0.29) is 0 Å². The van der Waals surface area contributed by atoms with E-state index >= 15 is 0 Å². The van der Waals surface area contributed by atoms with E-state index in [0.29, 0.717) is 37.2 Å². The molecule has 20 heavy (non-hydrogen) atoms. The second-order valence-electron chi connectivity index (χ2n) is 5.33. The van der Waals surface area contributed by atoms with Gasteiger partial charge in [0.05, 0.1) is 5.60 Å². The van der Waals surface area contributed by atoms with Crippen LogP contribution in [0.3, 0.4) is 0 Å². The number of aliphatic hydroxyl groups is 1. The van der Waals surface area contributed by atoms with Gasteiger partial charge in [-0.2, -0.15) is 0 Å². The van der Waals surface area contributed by atoms with Crippen molar-refractivity contribution in [2.45, 2.75) is 19.1 Å². The van der Waals surface area contributed by atoms with E-state index in [4.69, 9.17) is 4.74 Å². The largest absolute Gasteiger partial charge is 0.387 e. The molecule has 0 saturated carbocycles. The van der Waals surface area contributed by atoms with Crippen molar-refractivity contribution >= 4 is 11.6 Å². The number of nitrogens with zero attached hydrogens (tertiary/aromatic N) is 3. The van der Waals surface area contributed by atoms with Gasteiger partial charge >= 0.3 is 0 Å². The van der Waals surface area contributed by atoms with Crippen LogP contribution in [0, 0.1) is 0 Å². The first-order valence-electron chi connectivity index (χ1n) is 6.52. The molecule has 3 N–H and O–H groups in total. The smallest absolute Gasteiger partial charge is 0.158 e. The SMILES string of the molecule is CNc1cc(NCC(C)(O)CN(C)C)nc(COC)n1. The van der Waals surface area contributed by atoms with Gasteiger partial charge in [-0.15, -0.1) is 0 Å². The van der Waals surface area contributed by atoms with Crippen molar-refractivity contribution in [1.82, 2.24) is 14.9 Å². The molecule has 0 aliphatic carbocycles. The molecule has 0 bridgehead atoms. The second kappa shape index (κ2) is 7.37. The van der Waals surface area contributed by atoms with Crippen molar-refractivity contribution in [3.63, 3.8) is 0 Å². The summed E-state index contributed by atoms with van der Waals surface area (Å²) in [5, 5.41) is 16.4. The molecule has 0 amide bonds. The number of methoxy groups -OCH3 is 1. The average Bonchev–Trinajstić information content (AvgIpc) is 2.35. The van der Waals surface area contributed by atoms with Crippen LogP contribution in [0.2, 0.25) is 0 Å². The number of hydrogen-bond acceptors (Lipinski definition) is 7. The summed E-state index contributed by atoms with van der Waals surface area (Å²) in [4.78, 5) is 10.6. The van der Waals surface area contributed by atoms with Gasteiger partial charge < -0.3 is 25.4 Å². The first-order valence-corrected chi connectivity index (χ1v) is 6.52. The summed E-state index contributed by atoms with van der Waals surface area (Å²) in [6, 6.07) is 1.80. The number of ether oxygens (including phenoxy) is 1. The summed E-state index contributed by atoms with van der Waals surface area (Å²) >= 11 is 0.